The number of unbranched alkanes of at least 4 members (excludes halogenated alkanes) is 8. The first kappa shape index (κ1) is 26.6. The molecule has 0 saturated carbocycles. The molecule has 1 aromatic carbocycles. The van der Waals surface area contributed by atoms with Crippen LogP contribution in [-0.2, 0) is 16.1 Å². The Morgan fingerprint density at radius 1 is 0.900 bits per heavy atom. The first-order valence-electron chi connectivity index (χ1n) is 12.3. The summed E-state index contributed by atoms with van der Waals surface area (Å²) < 4.78 is 6.15. The van der Waals surface area contributed by atoms with Crippen molar-refractivity contribution < 1.29 is 9.53 Å². The first-order chi connectivity index (χ1) is 14.7. The summed E-state index contributed by atoms with van der Waals surface area (Å²) in [5.41, 5.74) is 6.95. The van der Waals surface area contributed by atoms with Crippen LogP contribution < -0.4 is 11.1 Å². The van der Waals surface area contributed by atoms with Crippen LogP contribution in [0, 0.1) is 0 Å². The van der Waals surface area contributed by atoms with Crippen molar-refractivity contribution in [1.29, 1.82) is 0 Å². The second-order valence-electron chi connectivity index (χ2n) is 8.53. The fourth-order valence-corrected chi connectivity index (χ4v) is 3.81. The summed E-state index contributed by atoms with van der Waals surface area (Å²) in [6.07, 6.45) is 15.0. The van der Waals surface area contributed by atoms with Crippen molar-refractivity contribution in [2.45, 2.75) is 116 Å². The molecule has 4 heteroatoms. The maximum atomic E-state index is 12.5. The minimum Gasteiger partial charge on any atom is -0.373 e. The molecule has 1 aromatic rings. The monoisotopic (exact) mass is 418 g/mol. The highest BCUT2D eigenvalue weighted by atomic mass is 16.5. The highest BCUT2D eigenvalue weighted by Crippen LogP contribution is 2.16. The van der Waals surface area contributed by atoms with E-state index in [2.05, 4.69) is 31.3 Å². The SMILES string of the molecule is CCCCCCCCCCC[C@H](CC(=O)NC(CN)CCC)OCc1ccccc1. The van der Waals surface area contributed by atoms with Gasteiger partial charge in [0.1, 0.15) is 0 Å². The van der Waals surface area contributed by atoms with Crippen LogP contribution >= 0.6 is 0 Å². The predicted molar refractivity (Wildman–Crippen MR) is 127 cm³/mol. The number of rotatable bonds is 19. The van der Waals surface area contributed by atoms with Gasteiger partial charge < -0.3 is 15.8 Å². The molecule has 0 aromatic heterocycles. The van der Waals surface area contributed by atoms with E-state index in [1.165, 1.54) is 51.4 Å². The Morgan fingerprint density at radius 3 is 2.13 bits per heavy atom. The lowest BCUT2D eigenvalue weighted by Gasteiger charge is -2.21. The molecule has 0 aliphatic rings. The van der Waals surface area contributed by atoms with Gasteiger partial charge in [0.25, 0.3) is 0 Å². The molecule has 1 unspecified atom stereocenters. The number of hydrogen-bond donors (Lipinski definition) is 2. The molecule has 1 amide bonds. The highest BCUT2D eigenvalue weighted by Gasteiger charge is 2.17. The van der Waals surface area contributed by atoms with E-state index >= 15 is 0 Å². The van der Waals surface area contributed by atoms with Crippen molar-refractivity contribution in [3.05, 3.63) is 35.9 Å². The number of hydrogen-bond acceptors (Lipinski definition) is 3. The molecule has 0 heterocycles. The van der Waals surface area contributed by atoms with Gasteiger partial charge in [-0.2, -0.15) is 0 Å². The van der Waals surface area contributed by atoms with Gasteiger partial charge in [-0.1, -0.05) is 108 Å². The van der Waals surface area contributed by atoms with E-state index in [4.69, 9.17) is 10.5 Å². The summed E-state index contributed by atoms with van der Waals surface area (Å²) in [4.78, 5) is 12.5. The minimum absolute atomic E-state index is 0.0326. The zero-order chi connectivity index (χ0) is 21.9. The maximum absolute atomic E-state index is 12.5. The third kappa shape index (κ3) is 13.8. The summed E-state index contributed by atoms with van der Waals surface area (Å²) in [5.74, 6) is 0.0629. The molecule has 4 nitrogen and oxygen atoms in total. The second kappa shape index (κ2) is 18.4. The Bertz CT molecular complexity index is 521. The Kier molecular flexibility index (Phi) is 16.3. The number of benzene rings is 1. The van der Waals surface area contributed by atoms with Crippen LogP contribution in [-0.4, -0.2) is 24.6 Å². The molecule has 0 aliphatic carbocycles. The van der Waals surface area contributed by atoms with E-state index in [0.717, 1.165) is 31.2 Å². The number of nitrogens with one attached hydrogen (secondary N) is 1. The normalized spacial score (nSPS) is 13.2. The number of nitrogens with two attached hydrogens (primary N) is 1. The van der Waals surface area contributed by atoms with E-state index in [9.17, 15) is 4.79 Å². The lowest BCUT2D eigenvalue weighted by atomic mass is 10.0. The quantitative estimate of drug-likeness (QED) is 0.266. The zero-order valence-electron chi connectivity index (χ0n) is 19.5. The average Bonchev–Trinajstić information content (AvgIpc) is 2.76. The number of ether oxygens (including phenoxy) is 1. The van der Waals surface area contributed by atoms with Crippen LogP contribution in [0.2, 0.25) is 0 Å². The van der Waals surface area contributed by atoms with Gasteiger partial charge in [0.15, 0.2) is 0 Å². The van der Waals surface area contributed by atoms with E-state index in [0.29, 0.717) is 19.6 Å². The molecule has 2 atom stereocenters. The van der Waals surface area contributed by atoms with Crippen LogP contribution in [0.15, 0.2) is 30.3 Å². The van der Waals surface area contributed by atoms with Gasteiger partial charge in [0.2, 0.25) is 5.91 Å². The standard InChI is InChI=1S/C26H46N2O2/c1-3-5-6-7-8-9-10-11-15-19-25(30-22-23-17-13-12-14-18-23)20-26(29)28-24(21-27)16-4-2/h12-14,17-18,24-25H,3-11,15-16,19-22,27H2,1-2H3,(H,28,29)/t24?,25-/m1/s1. The largest absolute Gasteiger partial charge is 0.373 e. The predicted octanol–water partition coefficient (Wildman–Crippen LogP) is 6.13. The molecule has 172 valence electrons. The van der Waals surface area contributed by atoms with Gasteiger partial charge in [0, 0.05) is 12.6 Å². The summed E-state index contributed by atoms with van der Waals surface area (Å²) in [5, 5.41) is 3.09. The van der Waals surface area contributed by atoms with E-state index in [1.807, 2.05) is 18.2 Å². The first-order valence-corrected chi connectivity index (χ1v) is 12.3. The van der Waals surface area contributed by atoms with Gasteiger partial charge >= 0.3 is 0 Å². The van der Waals surface area contributed by atoms with Gasteiger partial charge in [0.05, 0.1) is 19.1 Å². The average molecular weight is 419 g/mol. The topological polar surface area (TPSA) is 64.4 Å². The van der Waals surface area contributed by atoms with Crippen LogP contribution in [0.5, 0.6) is 0 Å². The number of carbonyl (C=O) groups excluding carboxylic acids is 1. The molecule has 3 N–H and O–H groups in total. The molecule has 0 fully saturated rings. The Morgan fingerprint density at radius 2 is 1.53 bits per heavy atom. The minimum atomic E-state index is -0.0326. The van der Waals surface area contributed by atoms with Gasteiger partial charge in [-0.15, -0.1) is 0 Å². The fraction of sp³-hybridized carbons (Fsp3) is 0.731. The third-order valence-electron chi connectivity index (χ3n) is 5.66. The molecule has 1 rings (SSSR count). The Balaban J connectivity index is 2.37. The number of amides is 1. The fourth-order valence-electron chi connectivity index (χ4n) is 3.81. The summed E-state index contributed by atoms with van der Waals surface area (Å²) >= 11 is 0. The molecule has 0 aliphatic heterocycles. The lowest BCUT2D eigenvalue weighted by Crippen LogP contribution is -2.41. The van der Waals surface area contributed by atoms with Gasteiger partial charge in [-0.3, -0.25) is 4.79 Å². The maximum Gasteiger partial charge on any atom is 0.222 e. The molecular weight excluding hydrogens is 372 g/mol. The third-order valence-corrected chi connectivity index (χ3v) is 5.66. The Labute approximate surface area is 185 Å². The molecule has 0 radical (unpaired) electrons. The lowest BCUT2D eigenvalue weighted by molar-refractivity contribution is -0.125. The Hall–Kier alpha value is -1.39. The van der Waals surface area contributed by atoms with Crippen molar-refractivity contribution >= 4 is 5.91 Å². The summed E-state index contributed by atoms with van der Waals surface area (Å²) in [7, 11) is 0. The summed E-state index contributed by atoms with van der Waals surface area (Å²) in [6.45, 7) is 5.43. The van der Waals surface area contributed by atoms with Crippen LogP contribution in [0.1, 0.15) is 103 Å². The molecule has 0 spiro atoms. The van der Waals surface area contributed by atoms with Crippen molar-refractivity contribution in [1.82, 2.24) is 5.32 Å². The van der Waals surface area contributed by atoms with E-state index in [1.54, 1.807) is 0 Å². The van der Waals surface area contributed by atoms with Crippen molar-refractivity contribution in [2.24, 2.45) is 5.73 Å². The van der Waals surface area contributed by atoms with E-state index < -0.39 is 0 Å². The molecule has 0 bridgehead atoms. The molecule has 30 heavy (non-hydrogen) atoms. The smallest absolute Gasteiger partial charge is 0.222 e. The van der Waals surface area contributed by atoms with Crippen molar-refractivity contribution in [3.63, 3.8) is 0 Å². The van der Waals surface area contributed by atoms with Crippen LogP contribution in [0.25, 0.3) is 0 Å². The van der Waals surface area contributed by atoms with Crippen LogP contribution in [0.4, 0.5) is 0 Å². The number of carbonyl (C=O) groups is 1. The molecule has 0 saturated heterocycles. The highest BCUT2D eigenvalue weighted by molar-refractivity contribution is 5.76. The van der Waals surface area contributed by atoms with Gasteiger partial charge in [-0.05, 0) is 18.4 Å². The van der Waals surface area contributed by atoms with Crippen molar-refractivity contribution in [3.8, 4) is 0 Å². The van der Waals surface area contributed by atoms with E-state index in [-0.39, 0.29) is 18.1 Å². The van der Waals surface area contributed by atoms with Crippen LogP contribution in [0.3, 0.4) is 0 Å². The zero-order valence-corrected chi connectivity index (χ0v) is 19.5. The van der Waals surface area contributed by atoms with Gasteiger partial charge in [-0.25, -0.2) is 0 Å². The molecular formula is C26H46N2O2. The van der Waals surface area contributed by atoms with Crippen molar-refractivity contribution in [2.75, 3.05) is 6.54 Å². The summed E-state index contributed by atoms with van der Waals surface area (Å²) in [6, 6.07) is 10.3. The second-order valence-corrected chi connectivity index (χ2v) is 8.53.